The van der Waals surface area contributed by atoms with Crippen LogP contribution in [0.3, 0.4) is 0 Å². The minimum atomic E-state index is -0.733. The fourth-order valence-corrected chi connectivity index (χ4v) is 7.35. The number of thiazole rings is 1. The molecule has 0 N–H and O–H groups in total. The number of thioether (sulfide) groups is 1. The first kappa shape index (κ1) is 22.9. The predicted octanol–water partition coefficient (Wildman–Crippen LogP) is 3.92. The maximum Gasteiger partial charge on any atom is 0.326 e. The number of ether oxygens (including phenoxy) is 1. The van der Waals surface area contributed by atoms with Crippen LogP contribution in [0, 0.1) is 5.92 Å². The topological polar surface area (TPSA) is 85.7 Å². The smallest absolute Gasteiger partial charge is 0.326 e. The quantitative estimate of drug-likeness (QED) is 0.379. The average molecular weight is 515 g/mol. The molecule has 10 heteroatoms. The Balaban J connectivity index is 1.65. The van der Waals surface area contributed by atoms with Crippen molar-refractivity contribution in [3.8, 4) is 0 Å². The van der Waals surface area contributed by atoms with E-state index >= 15 is 0 Å². The van der Waals surface area contributed by atoms with E-state index in [-0.39, 0.29) is 29.8 Å². The first-order valence-corrected chi connectivity index (χ1v) is 12.7. The van der Waals surface area contributed by atoms with Gasteiger partial charge in [0.15, 0.2) is 0 Å². The van der Waals surface area contributed by atoms with Crippen LogP contribution in [0.5, 0.6) is 0 Å². The van der Waals surface area contributed by atoms with Gasteiger partial charge in [0, 0.05) is 15.8 Å². The number of fused-ring (bicyclic) bond motifs is 2. The van der Waals surface area contributed by atoms with Crippen molar-refractivity contribution >= 4 is 58.2 Å². The van der Waals surface area contributed by atoms with Crippen molar-refractivity contribution < 1.29 is 19.1 Å². The van der Waals surface area contributed by atoms with Crippen LogP contribution in [0.1, 0.15) is 23.3 Å². The maximum atomic E-state index is 13.7. The molecule has 1 fully saturated rings. The van der Waals surface area contributed by atoms with E-state index in [1.807, 2.05) is 18.2 Å². The van der Waals surface area contributed by atoms with Gasteiger partial charge in [0.1, 0.15) is 11.8 Å². The molecule has 3 atom stereocenters. The van der Waals surface area contributed by atoms with E-state index in [1.165, 1.54) is 21.2 Å². The van der Waals surface area contributed by atoms with Gasteiger partial charge in [-0.1, -0.05) is 65.0 Å². The molecular formula is C24H19ClN2O5S2. The molecule has 3 heterocycles. The van der Waals surface area contributed by atoms with Crippen LogP contribution < -0.4 is 9.77 Å². The highest BCUT2D eigenvalue weighted by molar-refractivity contribution is 8.00. The number of anilines is 1. The van der Waals surface area contributed by atoms with E-state index in [1.54, 1.807) is 43.3 Å². The molecule has 1 saturated heterocycles. The lowest BCUT2D eigenvalue weighted by Crippen LogP contribution is -2.32. The molecule has 0 radical (unpaired) electrons. The minimum absolute atomic E-state index is 0.199. The molecule has 7 nitrogen and oxygen atoms in total. The summed E-state index contributed by atoms with van der Waals surface area (Å²) in [5, 5.41) is 0.335. The highest BCUT2D eigenvalue weighted by Crippen LogP contribution is 2.53. The van der Waals surface area contributed by atoms with Crippen LogP contribution >= 0.6 is 34.7 Å². The summed E-state index contributed by atoms with van der Waals surface area (Å²) in [4.78, 5) is 53.9. The lowest BCUT2D eigenvalue weighted by molar-refractivity contribution is -0.144. The van der Waals surface area contributed by atoms with Gasteiger partial charge >= 0.3 is 10.8 Å². The maximum absolute atomic E-state index is 13.7. The number of nitrogens with zero attached hydrogens (tertiary/aromatic N) is 2. The number of hydrogen-bond donors (Lipinski definition) is 0. The summed E-state index contributed by atoms with van der Waals surface area (Å²) in [6.07, 6.45) is 0. The largest absolute Gasteiger partial charge is 0.465 e. The number of carbonyl (C=O) groups excluding carboxylic acids is 3. The molecule has 2 aromatic carbocycles. The summed E-state index contributed by atoms with van der Waals surface area (Å²) in [5.74, 6) is -2.39. The number of aromatic nitrogens is 1. The van der Waals surface area contributed by atoms with Gasteiger partial charge in [-0.3, -0.25) is 23.7 Å². The van der Waals surface area contributed by atoms with Crippen molar-refractivity contribution in [2.45, 2.75) is 29.7 Å². The van der Waals surface area contributed by atoms with Crippen molar-refractivity contribution in [1.82, 2.24) is 4.57 Å². The second kappa shape index (κ2) is 9.05. The molecule has 3 unspecified atom stereocenters. The summed E-state index contributed by atoms with van der Waals surface area (Å²) in [5.41, 5.74) is 1.29. The van der Waals surface area contributed by atoms with Crippen LogP contribution in [-0.2, 0) is 25.7 Å². The van der Waals surface area contributed by atoms with Crippen LogP contribution in [-0.4, -0.2) is 34.2 Å². The molecule has 0 saturated carbocycles. The number of rotatable bonds is 5. The van der Waals surface area contributed by atoms with E-state index in [4.69, 9.17) is 16.3 Å². The Labute approximate surface area is 208 Å². The highest BCUT2D eigenvalue weighted by Gasteiger charge is 2.56. The second-order valence-corrected chi connectivity index (χ2v) is 10.4. The fraction of sp³-hybridized carbons (Fsp3) is 0.250. The number of imide groups is 1. The zero-order valence-corrected chi connectivity index (χ0v) is 20.4. The van der Waals surface area contributed by atoms with E-state index in [0.29, 0.717) is 20.6 Å². The van der Waals surface area contributed by atoms with Crippen molar-refractivity contribution in [2.75, 3.05) is 11.5 Å². The zero-order valence-electron chi connectivity index (χ0n) is 18.0. The summed E-state index contributed by atoms with van der Waals surface area (Å²) < 4.78 is 6.39. The SMILES string of the molecule is CCOC(=O)Cn1c2c(sc1=O)C(c1ccc(Cl)cc1)C1C(=O)N(c3ccccc3)C(=O)C1S2. The summed E-state index contributed by atoms with van der Waals surface area (Å²) >= 11 is 8.27. The zero-order chi connectivity index (χ0) is 24.0. The average Bonchev–Trinajstić information content (AvgIpc) is 3.26. The molecule has 0 spiro atoms. The van der Waals surface area contributed by atoms with Gasteiger partial charge in [-0.25, -0.2) is 4.90 Å². The molecular weight excluding hydrogens is 496 g/mol. The fourth-order valence-electron chi connectivity index (χ4n) is 4.45. The first-order chi connectivity index (χ1) is 16.4. The Kier molecular flexibility index (Phi) is 6.09. The van der Waals surface area contributed by atoms with Gasteiger partial charge in [-0.05, 0) is 36.8 Å². The Bertz CT molecular complexity index is 1340. The van der Waals surface area contributed by atoms with Crippen LogP contribution in [0.15, 0.2) is 64.4 Å². The lowest BCUT2D eigenvalue weighted by atomic mass is 9.83. The van der Waals surface area contributed by atoms with Crippen molar-refractivity contribution in [3.63, 3.8) is 0 Å². The Hall–Kier alpha value is -2.88. The molecule has 3 aromatic rings. The van der Waals surface area contributed by atoms with Gasteiger partial charge in [-0.15, -0.1) is 0 Å². The van der Waals surface area contributed by atoms with Crippen LogP contribution in [0.4, 0.5) is 5.69 Å². The number of amides is 2. The van der Waals surface area contributed by atoms with E-state index < -0.39 is 23.1 Å². The molecule has 174 valence electrons. The lowest BCUT2D eigenvalue weighted by Gasteiger charge is -2.30. The standard InChI is InChI=1S/C24H19ClN2O5S2/c1-2-32-16(28)12-26-23-20(34-24(26)31)17(13-8-10-14(25)11-9-13)18-19(33-23)22(30)27(21(18)29)15-6-4-3-5-7-15/h3-11,17-19H,2,12H2,1H3. The second-order valence-electron chi connectivity index (χ2n) is 7.87. The van der Waals surface area contributed by atoms with Gasteiger partial charge in [0.05, 0.1) is 23.2 Å². The van der Waals surface area contributed by atoms with E-state index in [0.717, 1.165) is 16.9 Å². The Morgan fingerprint density at radius 3 is 2.41 bits per heavy atom. The predicted molar refractivity (Wildman–Crippen MR) is 131 cm³/mol. The van der Waals surface area contributed by atoms with Crippen molar-refractivity contribution in [2.24, 2.45) is 5.92 Å². The molecule has 2 aliphatic rings. The molecule has 0 bridgehead atoms. The third-order valence-corrected chi connectivity index (χ3v) is 8.74. The van der Waals surface area contributed by atoms with Gasteiger partial charge in [0.25, 0.3) is 0 Å². The van der Waals surface area contributed by atoms with Crippen LogP contribution in [0.25, 0.3) is 0 Å². The Morgan fingerprint density at radius 2 is 1.74 bits per heavy atom. The number of benzene rings is 2. The molecule has 0 aliphatic carbocycles. The third-order valence-electron chi connectivity index (χ3n) is 5.89. The number of carbonyl (C=O) groups is 3. The molecule has 34 heavy (non-hydrogen) atoms. The number of esters is 1. The molecule has 5 rings (SSSR count). The number of para-hydroxylation sites is 1. The van der Waals surface area contributed by atoms with E-state index in [9.17, 15) is 19.2 Å². The Morgan fingerprint density at radius 1 is 1.03 bits per heavy atom. The molecule has 2 amide bonds. The van der Waals surface area contributed by atoms with Crippen molar-refractivity contribution in [1.29, 1.82) is 0 Å². The number of hydrogen-bond acceptors (Lipinski definition) is 7. The summed E-state index contributed by atoms with van der Waals surface area (Å²) in [6, 6.07) is 15.9. The number of halogens is 1. The van der Waals surface area contributed by atoms with Crippen molar-refractivity contribution in [3.05, 3.63) is 79.7 Å². The third kappa shape index (κ3) is 3.77. The minimum Gasteiger partial charge on any atom is -0.465 e. The normalized spacial score (nSPS) is 21.4. The monoisotopic (exact) mass is 514 g/mol. The van der Waals surface area contributed by atoms with Gasteiger partial charge < -0.3 is 4.74 Å². The molecule has 1 aromatic heterocycles. The summed E-state index contributed by atoms with van der Waals surface area (Å²) in [6.45, 7) is 1.64. The van der Waals surface area contributed by atoms with Crippen LogP contribution in [0.2, 0.25) is 5.02 Å². The van der Waals surface area contributed by atoms with Gasteiger partial charge in [0.2, 0.25) is 11.8 Å². The highest BCUT2D eigenvalue weighted by atomic mass is 35.5. The summed E-state index contributed by atoms with van der Waals surface area (Å²) in [7, 11) is 0. The van der Waals surface area contributed by atoms with E-state index in [2.05, 4.69) is 0 Å². The van der Waals surface area contributed by atoms with Gasteiger partial charge in [-0.2, -0.15) is 0 Å². The first-order valence-electron chi connectivity index (χ1n) is 10.6. The molecule has 2 aliphatic heterocycles.